The van der Waals surface area contributed by atoms with E-state index < -0.39 is 0 Å². The Morgan fingerprint density at radius 1 is 0.857 bits per heavy atom. The second-order valence-corrected chi connectivity index (χ2v) is 7.62. The standard InChI is InChI=1S/C20H25N/c1-14-10-9-13-17-18(14)20(5,6)15-11-7-8-12-16(15)21(17)19(2,3)4/h7-13H,1-6H3. The minimum atomic E-state index is 0.0407. The second kappa shape index (κ2) is 4.37. The first-order chi connectivity index (χ1) is 9.74. The zero-order chi connectivity index (χ0) is 15.4. The van der Waals surface area contributed by atoms with E-state index in [2.05, 4.69) is 88.9 Å². The fourth-order valence-electron chi connectivity index (χ4n) is 3.84. The number of fused-ring (bicyclic) bond motifs is 2. The predicted molar refractivity (Wildman–Crippen MR) is 91.6 cm³/mol. The molecule has 0 radical (unpaired) electrons. The van der Waals surface area contributed by atoms with E-state index in [9.17, 15) is 0 Å². The van der Waals surface area contributed by atoms with Crippen LogP contribution in [0.4, 0.5) is 11.4 Å². The fraction of sp³-hybridized carbons (Fsp3) is 0.400. The molecule has 0 unspecified atom stereocenters. The van der Waals surface area contributed by atoms with Gasteiger partial charge in [0.15, 0.2) is 0 Å². The van der Waals surface area contributed by atoms with Gasteiger partial charge >= 0.3 is 0 Å². The third-order valence-corrected chi connectivity index (χ3v) is 4.61. The summed E-state index contributed by atoms with van der Waals surface area (Å²) in [6.45, 7) is 13.8. The van der Waals surface area contributed by atoms with Gasteiger partial charge in [-0.05, 0) is 56.5 Å². The van der Waals surface area contributed by atoms with Crippen molar-refractivity contribution < 1.29 is 0 Å². The molecular weight excluding hydrogens is 254 g/mol. The van der Waals surface area contributed by atoms with Crippen molar-refractivity contribution in [3.05, 3.63) is 59.2 Å². The smallest absolute Gasteiger partial charge is 0.0459 e. The molecule has 2 aromatic rings. The Kier molecular flexibility index (Phi) is 2.95. The first-order valence-corrected chi connectivity index (χ1v) is 7.74. The molecule has 21 heavy (non-hydrogen) atoms. The summed E-state index contributed by atoms with van der Waals surface area (Å²) in [5.41, 5.74) is 7.04. The maximum atomic E-state index is 2.50. The number of hydrogen-bond donors (Lipinski definition) is 0. The summed E-state index contributed by atoms with van der Waals surface area (Å²) in [6, 6.07) is 15.5. The van der Waals surface area contributed by atoms with E-state index in [4.69, 9.17) is 0 Å². The van der Waals surface area contributed by atoms with Crippen LogP contribution in [0.15, 0.2) is 42.5 Å². The van der Waals surface area contributed by atoms with Crippen molar-refractivity contribution in [2.75, 3.05) is 4.90 Å². The number of anilines is 2. The van der Waals surface area contributed by atoms with Gasteiger partial charge in [-0.15, -0.1) is 0 Å². The lowest BCUT2D eigenvalue weighted by Gasteiger charge is -2.48. The molecule has 0 amide bonds. The average Bonchev–Trinajstić information content (AvgIpc) is 2.37. The van der Waals surface area contributed by atoms with Crippen molar-refractivity contribution >= 4 is 11.4 Å². The molecular formula is C20H25N. The highest BCUT2D eigenvalue weighted by Gasteiger charge is 2.40. The number of hydrogen-bond acceptors (Lipinski definition) is 1. The number of nitrogens with zero attached hydrogens (tertiary/aromatic N) is 1. The van der Waals surface area contributed by atoms with Crippen molar-refractivity contribution in [2.24, 2.45) is 0 Å². The maximum absolute atomic E-state index is 2.50. The lowest BCUT2D eigenvalue weighted by Crippen LogP contribution is -2.43. The Hall–Kier alpha value is -1.76. The SMILES string of the molecule is Cc1cccc2c1C(C)(C)c1ccccc1N2C(C)(C)C. The molecule has 110 valence electrons. The zero-order valence-electron chi connectivity index (χ0n) is 14.0. The summed E-state index contributed by atoms with van der Waals surface area (Å²) < 4.78 is 0. The Morgan fingerprint density at radius 2 is 1.48 bits per heavy atom. The molecule has 0 aliphatic carbocycles. The van der Waals surface area contributed by atoms with Crippen LogP contribution in [0.1, 0.15) is 51.3 Å². The molecule has 1 nitrogen and oxygen atoms in total. The van der Waals surface area contributed by atoms with E-state index in [1.54, 1.807) is 0 Å². The van der Waals surface area contributed by atoms with Gasteiger partial charge < -0.3 is 4.90 Å². The summed E-state index contributed by atoms with van der Waals surface area (Å²) in [5, 5.41) is 0. The molecule has 0 fully saturated rings. The topological polar surface area (TPSA) is 3.24 Å². The van der Waals surface area contributed by atoms with Crippen LogP contribution < -0.4 is 4.90 Å². The lowest BCUT2D eigenvalue weighted by atomic mass is 9.71. The van der Waals surface area contributed by atoms with Crippen molar-refractivity contribution in [3.8, 4) is 0 Å². The summed E-state index contributed by atoms with van der Waals surface area (Å²) >= 11 is 0. The minimum absolute atomic E-state index is 0.0407. The van der Waals surface area contributed by atoms with Gasteiger partial charge in [-0.3, -0.25) is 0 Å². The molecule has 0 bridgehead atoms. The molecule has 0 saturated carbocycles. The van der Waals surface area contributed by atoms with Crippen molar-refractivity contribution in [3.63, 3.8) is 0 Å². The van der Waals surface area contributed by atoms with E-state index in [1.165, 1.54) is 28.1 Å². The average molecular weight is 279 g/mol. The Labute approximate surface area is 128 Å². The van der Waals surface area contributed by atoms with Crippen molar-refractivity contribution in [1.29, 1.82) is 0 Å². The minimum Gasteiger partial charge on any atom is -0.336 e. The molecule has 1 heteroatoms. The number of para-hydroxylation sites is 1. The van der Waals surface area contributed by atoms with Crippen LogP contribution in [0.3, 0.4) is 0 Å². The summed E-state index contributed by atoms with van der Waals surface area (Å²) in [6.07, 6.45) is 0. The van der Waals surface area contributed by atoms with Crippen LogP contribution >= 0.6 is 0 Å². The quantitative estimate of drug-likeness (QED) is 0.609. The maximum Gasteiger partial charge on any atom is 0.0459 e. The van der Waals surface area contributed by atoms with Crippen LogP contribution in [-0.4, -0.2) is 5.54 Å². The highest BCUT2D eigenvalue weighted by molar-refractivity contribution is 5.80. The normalized spacial score (nSPS) is 16.4. The molecule has 0 aromatic heterocycles. The number of rotatable bonds is 0. The molecule has 0 spiro atoms. The van der Waals surface area contributed by atoms with Gasteiger partial charge in [-0.1, -0.05) is 44.2 Å². The third-order valence-electron chi connectivity index (χ3n) is 4.61. The van der Waals surface area contributed by atoms with E-state index in [0.29, 0.717) is 0 Å². The third kappa shape index (κ3) is 1.98. The zero-order valence-corrected chi connectivity index (χ0v) is 14.0. The van der Waals surface area contributed by atoms with E-state index in [1.807, 2.05) is 0 Å². The van der Waals surface area contributed by atoms with Crippen LogP contribution in [0.2, 0.25) is 0 Å². The monoisotopic (exact) mass is 279 g/mol. The summed E-state index contributed by atoms with van der Waals surface area (Å²) in [7, 11) is 0. The van der Waals surface area contributed by atoms with E-state index in [0.717, 1.165) is 0 Å². The highest BCUT2D eigenvalue weighted by atomic mass is 15.2. The molecule has 3 rings (SSSR count). The van der Waals surface area contributed by atoms with E-state index in [-0.39, 0.29) is 11.0 Å². The molecule has 0 atom stereocenters. The van der Waals surface area contributed by atoms with Gasteiger partial charge in [0.2, 0.25) is 0 Å². The molecule has 0 N–H and O–H groups in total. The van der Waals surface area contributed by atoms with Gasteiger partial charge in [-0.25, -0.2) is 0 Å². The molecule has 0 saturated heterocycles. The Morgan fingerprint density at radius 3 is 2.14 bits per heavy atom. The Bertz CT molecular complexity index is 689. The van der Waals surface area contributed by atoms with Crippen LogP contribution in [0.25, 0.3) is 0 Å². The summed E-state index contributed by atoms with van der Waals surface area (Å²) in [5.74, 6) is 0. The van der Waals surface area contributed by atoms with Crippen LogP contribution in [-0.2, 0) is 5.41 Å². The number of aryl methyl sites for hydroxylation is 1. The lowest BCUT2D eigenvalue weighted by molar-refractivity contribution is 0.529. The predicted octanol–water partition coefficient (Wildman–Crippen LogP) is 5.57. The van der Waals surface area contributed by atoms with Crippen molar-refractivity contribution in [2.45, 2.75) is 52.5 Å². The second-order valence-electron chi connectivity index (χ2n) is 7.62. The number of benzene rings is 2. The fourth-order valence-corrected chi connectivity index (χ4v) is 3.84. The van der Waals surface area contributed by atoms with E-state index >= 15 is 0 Å². The molecule has 1 aliphatic heterocycles. The highest BCUT2D eigenvalue weighted by Crippen LogP contribution is 2.51. The molecule has 1 aliphatic rings. The molecule has 1 heterocycles. The largest absolute Gasteiger partial charge is 0.336 e. The van der Waals surface area contributed by atoms with Gasteiger partial charge in [-0.2, -0.15) is 0 Å². The molecule has 2 aromatic carbocycles. The Balaban J connectivity index is 2.41. The van der Waals surface area contributed by atoms with Gasteiger partial charge in [0, 0.05) is 22.3 Å². The van der Waals surface area contributed by atoms with Gasteiger partial charge in [0.1, 0.15) is 0 Å². The van der Waals surface area contributed by atoms with Gasteiger partial charge in [0.25, 0.3) is 0 Å². The first kappa shape index (κ1) is 14.2. The van der Waals surface area contributed by atoms with Crippen LogP contribution in [0, 0.1) is 6.92 Å². The van der Waals surface area contributed by atoms with Crippen molar-refractivity contribution in [1.82, 2.24) is 0 Å². The van der Waals surface area contributed by atoms with Gasteiger partial charge in [0.05, 0.1) is 0 Å². The van der Waals surface area contributed by atoms with Crippen LogP contribution in [0.5, 0.6) is 0 Å². The first-order valence-electron chi connectivity index (χ1n) is 7.74. The summed E-state index contributed by atoms with van der Waals surface area (Å²) in [4.78, 5) is 2.50.